The number of Topliss-reactive ketones (excluding diaryl/α,β-unsaturated/α-hetero) is 1. The molecule has 1 aliphatic rings. The van der Waals surface area contributed by atoms with Gasteiger partial charge >= 0.3 is 0 Å². The summed E-state index contributed by atoms with van der Waals surface area (Å²) in [5.41, 5.74) is 2.96. The smallest absolute Gasteiger partial charge is 0.227 e. The zero-order valence-electron chi connectivity index (χ0n) is 18.9. The highest BCUT2D eigenvalue weighted by Gasteiger charge is 2.34. The zero-order chi connectivity index (χ0) is 24.4. The fraction of sp³-hybridized carbons (Fsp3) is 0.292. The summed E-state index contributed by atoms with van der Waals surface area (Å²) in [5.74, 6) is 2.08. The molecule has 6 nitrogen and oxygen atoms in total. The molecule has 0 saturated carbocycles. The van der Waals surface area contributed by atoms with Crippen LogP contribution < -0.4 is 10.1 Å². The van der Waals surface area contributed by atoms with Gasteiger partial charge in [-0.15, -0.1) is 5.10 Å². The van der Waals surface area contributed by atoms with Gasteiger partial charge in [0.2, 0.25) is 11.1 Å². The molecule has 3 aromatic rings. The lowest BCUT2D eigenvalue weighted by molar-refractivity contribution is -0.114. The van der Waals surface area contributed by atoms with E-state index in [1.807, 2.05) is 31.2 Å². The molecule has 0 aliphatic carbocycles. The molecule has 1 unspecified atom stereocenters. The van der Waals surface area contributed by atoms with Crippen molar-refractivity contribution in [1.82, 2.24) is 14.8 Å². The first-order valence-corrected chi connectivity index (χ1v) is 13.3. The molecule has 0 saturated heterocycles. The van der Waals surface area contributed by atoms with Gasteiger partial charge in [0.15, 0.2) is 5.78 Å². The maximum absolute atomic E-state index is 12.8. The van der Waals surface area contributed by atoms with Crippen LogP contribution in [-0.4, -0.2) is 26.3 Å². The number of carbonyl (C=O) groups is 1. The highest BCUT2D eigenvalue weighted by atomic mass is 79.9. The number of halogens is 3. The van der Waals surface area contributed by atoms with E-state index in [0.717, 1.165) is 33.5 Å². The molecular weight excluding hydrogens is 559 g/mol. The number of hydrogen-bond donors (Lipinski definition) is 1. The van der Waals surface area contributed by atoms with Crippen LogP contribution >= 0.6 is 50.9 Å². The molecule has 1 aromatic heterocycles. The van der Waals surface area contributed by atoms with Crippen molar-refractivity contribution in [3.63, 3.8) is 0 Å². The van der Waals surface area contributed by atoms with E-state index in [4.69, 9.17) is 33.0 Å². The number of aromatic nitrogens is 3. The maximum atomic E-state index is 12.8. The van der Waals surface area contributed by atoms with Gasteiger partial charge in [-0.25, -0.2) is 4.68 Å². The van der Waals surface area contributed by atoms with E-state index in [-0.39, 0.29) is 12.4 Å². The van der Waals surface area contributed by atoms with Crippen LogP contribution in [0.1, 0.15) is 44.4 Å². The Bertz CT molecular complexity index is 1280. The third-order valence-corrected chi connectivity index (χ3v) is 7.44. The first-order chi connectivity index (χ1) is 16.3. The summed E-state index contributed by atoms with van der Waals surface area (Å²) in [6.07, 6.45) is 1.01. The number of nitrogens with one attached hydrogen (secondary N) is 1. The number of thioether (sulfide) groups is 1. The standard InChI is InChI=1S/C24H23BrCl2N4O2S/c1-4-9-34-24-29-23-28-13(2)21(14(3)32)22(31(23)30-24)18-10-16(25)6-8-20(18)33-12-15-5-7-17(26)11-19(15)27/h5-8,10-11,22H,4,9,12H2,1-3H3,(H,28,29,30). The minimum Gasteiger partial charge on any atom is -0.488 e. The molecule has 0 amide bonds. The van der Waals surface area contributed by atoms with E-state index in [2.05, 4.69) is 33.2 Å². The molecule has 1 aliphatic heterocycles. The number of benzene rings is 2. The van der Waals surface area contributed by atoms with Crippen LogP contribution in [0, 0.1) is 0 Å². The molecule has 10 heteroatoms. The number of rotatable bonds is 8. The molecule has 1 N–H and O–H groups in total. The van der Waals surface area contributed by atoms with Gasteiger partial charge in [0.1, 0.15) is 18.4 Å². The van der Waals surface area contributed by atoms with Crippen molar-refractivity contribution < 1.29 is 9.53 Å². The first kappa shape index (κ1) is 25.1. The molecule has 0 fully saturated rings. The number of anilines is 1. The summed E-state index contributed by atoms with van der Waals surface area (Å²) >= 11 is 17.5. The van der Waals surface area contributed by atoms with Crippen LogP contribution in [0.3, 0.4) is 0 Å². The lowest BCUT2D eigenvalue weighted by Crippen LogP contribution is -2.28. The van der Waals surface area contributed by atoms with Crippen LogP contribution in [0.25, 0.3) is 0 Å². The number of ketones is 1. The van der Waals surface area contributed by atoms with Crippen molar-refractivity contribution in [3.8, 4) is 5.75 Å². The second-order valence-corrected chi connectivity index (χ2v) is 10.7. The molecule has 1 atom stereocenters. The highest BCUT2D eigenvalue weighted by molar-refractivity contribution is 9.10. The van der Waals surface area contributed by atoms with Gasteiger partial charge in [0.05, 0.1) is 0 Å². The fourth-order valence-corrected chi connectivity index (χ4v) is 5.31. The molecule has 0 bridgehead atoms. The molecule has 2 aromatic carbocycles. The second-order valence-electron chi connectivity index (χ2n) is 7.84. The molecular formula is C24H23BrCl2N4O2S. The van der Waals surface area contributed by atoms with Crippen molar-refractivity contribution in [2.75, 3.05) is 11.1 Å². The summed E-state index contributed by atoms with van der Waals surface area (Å²) in [4.78, 5) is 17.4. The van der Waals surface area contributed by atoms with Crippen molar-refractivity contribution in [3.05, 3.63) is 73.3 Å². The summed E-state index contributed by atoms with van der Waals surface area (Å²) in [5, 5.41) is 9.74. The average Bonchev–Trinajstić information content (AvgIpc) is 3.19. The Morgan fingerprint density at radius 1 is 1.26 bits per heavy atom. The van der Waals surface area contributed by atoms with Crippen LogP contribution in [0.5, 0.6) is 5.75 Å². The molecule has 0 spiro atoms. The van der Waals surface area contributed by atoms with Gasteiger partial charge in [0, 0.05) is 42.7 Å². The van der Waals surface area contributed by atoms with Gasteiger partial charge in [-0.05, 0) is 50.6 Å². The summed E-state index contributed by atoms with van der Waals surface area (Å²) in [6, 6.07) is 10.5. The van der Waals surface area contributed by atoms with Crippen LogP contribution in [0.4, 0.5) is 5.95 Å². The fourth-order valence-electron chi connectivity index (χ4n) is 3.79. The van der Waals surface area contributed by atoms with E-state index in [0.29, 0.717) is 32.5 Å². The first-order valence-electron chi connectivity index (χ1n) is 10.7. The molecule has 178 valence electrons. The Hall–Kier alpha value is -2.00. The lowest BCUT2D eigenvalue weighted by atomic mass is 9.92. The van der Waals surface area contributed by atoms with Crippen molar-refractivity contribution in [2.24, 2.45) is 0 Å². The van der Waals surface area contributed by atoms with Crippen molar-refractivity contribution >= 4 is 62.6 Å². The number of nitrogens with zero attached hydrogens (tertiary/aromatic N) is 3. The Labute approximate surface area is 221 Å². The maximum Gasteiger partial charge on any atom is 0.227 e. The Morgan fingerprint density at radius 3 is 2.76 bits per heavy atom. The Balaban J connectivity index is 1.77. The van der Waals surface area contributed by atoms with Crippen molar-refractivity contribution in [1.29, 1.82) is 0 Å². The summed E-state index contributed by atoms with van der Waals surface area (Å²) in [7, 11) is 0. The largest absolute Gasteiger partial charge is 0.488 e. The predicted molar refractivity (Wildman–Crippen MR) is 141 cm³/mol. The van der Waals surface area contributed by atoms with Crippen LogP contribution in [0.15, 0.2) is 57.3 Å². The number of ether oxygens (including phenoxy) is 1. The SMILES string of the molecule is CCCSc1nc2n(n1)C(c1cc(Br)ccc1OCc1ccc(Cl)cc1Cl)C(C(C)=O)=C(C)N2. The van der Waals surface area contributed by atoms with Gasteiger partial charge in [0.25, 0.3) is 0 Å². The average molecular weight is 582 g/mol. The summed E-state index contributed by atoms with van der Waals surface area (Å²) in [6.45, 7) is 5.80. The van der Waals surface area contributed by atoms with Gasteiger partial charge in [-0.3, -0.25) is 4.79 Å². The van der Waals surface area contributed by atoms with Crippen molar-refractivity contribution in [2.45, 2.75) is 45.0 Å². The molecule has 2 heterocycles. The number of hydrogen-bond acceptors (Lipinski definition) is 6. The Kier molecular flexibility index (Phi) is 7.92. The summed E-state index contributed by atoms with van der Waals surface area (Å²) < 4.78 is 8.86. The number of carbonyl (C=O) groups excluding carboxylic acids is 1. The number of fused-ring (bicyclic) bond motifs is 1. The quantitative estimate of drug-likeness (QED) is 0.281. The molecule has 4 rings (SSSR count). The third kappa shape index (κ3) is 5.30. The number of allylic oxidation sites excluding steroid dienone is 2. The highest BCUT2D eigenvalue weighted by Crippen LogP contribution is 2.41. The van der Waals surface area contributed by atoms with Gasteiger partial charge in [-0.1, -0.05) is 63.9 Å². The lowest BCUT2D eigenvalue weighted by Gasteiger charge is -2.29. The minimum absolute atomic E-state index is 0.0504. The van der Waals surface area contributed by atoms with E-state index in [1.165, 1.54) is 0 Å². The van der Waals surface area contributed by atoms with Gasteiger partial charge < -0.3 is 10.1 Å². The van der Waals surface area contributed by atoms with E-state index in [9.17, 15) is 4.79 Å². The predicted octanol–water partition coefficient (Wildman–Crippen LogP) is 7.31. The van der Waals surface area contributed by atoms with E-state index >= 15 is 0 Å². The minimum atomic E-state index is -0.495. The second kappa shape index (κ2) is 10.7. The molecule has 0 radical (unpaired) electrons. The van der Waals surface area contributed by atoms with Crippen LogP contribution in [0.2, 0.25) is 10.0 Å². The zero-order valence-corrected chi connectivity index (χ0v) is 22.8. The normalized spacial score (nSPS) is 15.2. The van der Waals surface area contributed by atoms with E-state index in [1.54, 1.807) is 35.5 Å². The molecule has 34 heavy (non-hydrogen) atoms. The van der Waals surface area contributed by atoms with Crippen LogP contribution in [-0.2, 0) is 11.4 Å². The Morgan fingerprint density at radius 2 is 2.06 bits per heavy atom. The topological polar surface area (TPSA) is 69.0 Å². The third-order valence-electron chi connectivity index (χ3n) is 5.31. The van der Waals surface area contributed by atoms with Gasteiger partial charge in [-0.2, -0.15) is 4.98 Å². The van der Waals surface area contributed by atoms with E-state index < -0.39 is 6.04 Å². The monoisotopic (exact) mass is 580 g/mol.